The fourth-order valence-electron chi connectivity index (χ4n) is 4.23. The summed E-state index contributed by atoms with van der Waals surface area (Å²) in [4.78, 5) is 27.0. The van der Waals surface area contributed by atoms with Gasteiger partial charge >= 0.3 is 0 Å². The van der Waals surface area contributed by atoms with E-state index in [0.717, 1.165) is 22.3 Å². The van der Waals surface area contributed by atoms with Crippen molar-refractivity contribution in [2.75, 3.05) is 13.2 Å². The molecule has 0 fully saturated rings. The molecule has 0 unspecified atom stereocenters. The standard InChI is InChI=1S/C28H25NO4/c1-17-8-9-20(12-19(17)3)27(30)23-16-29(15-21-7-5-4-6-18(21)2)24-14-26-25(32-10-11-33-26)13-22(24)28(23)31/h4-9,12-14,16H,10-11,15H2,1-3H3. The van der Waals surface area contributed by atoms with Gasteiger partial charge in [-0.2, -0.15) is 0 Å². The molecule has 0 saturated heterocycles. The molecule has 0 amide bonds. The van der Waals surface area contributed by atoms with Crippen LogP contribution in [0, 0.1) is 20.8 Å². The van der Waals surface area contributed by atoms with Gasteiger partial charge in [-0.05, 0) is 55.2 Å². The molecule has 166 valence electrons. The van der Waals surface area contributed by atoms with E-state index in [1.807, 2.05) is 48.7 Å². The quantitative estimate of drug-likeness (QED) is 0.421. The third-order valence-electron chi connectivity index (χ3n) is 6.36. The van der Waals surface area contributed by atoms with Crippen molar-refractivity contribution in [2.24, 2.45) is 0 Å². The fourth-order valence-corrected chi connectivity index (χ4v) is 4.23. The molecule has 1 aliphatic heterocycles. The Morgan fingerprint density at radius 1 is 0.879 bits per heavy atom. The van der Waals surface area contributed by atoms with Crippen LogP contribution in [-0.4, -0.2) is 23.6 Å². The second-order valence-electron chi connectivity index (χ2n) is 8.57. The largest absolute Gasteiger partial charge is 0.486 e. The van der Waals surface area contributed by atoms with Gasteiger partial charge in [0.25, 0.3) is 0 Å². The molecular weight excluding hydrogens is 414 g/mol. The number of aryl methyl sites for hydroxylation is 3. The van der Waals surface area contributed by atoms with E-state index in [4.69, 9.17) is 9.47 Å². The molecule has 0 aliphatic carbocycles. The van der Waals surface area contributed by atoms with E-state index in [1.54, 1.807) is 18.3 Å². The van der Waals surface area contributed by atoms with Crippen LogP contribution in [0.2, 0.25) is 0 Å². The monoisotopic (exact) mass is 439 g/mol. The summed E-state index contributed by atoms with van der Waals surface area (Å²) in [5.74, 6) is 0.863. The third-order valence-corrected chi connectivity index (χ3v) is 6.36. The second kappa shape index (κ2) is 8.24. The Morgan fingerprint density at radius 2 is 1.61 bits per heavy atom. The average molecular weight is 440 g/mol. The van der Waals surface area contributed by atoms with Crippen LogP contribution >= 0.6 is 0 Å². The first kappa shape index (κ1) is 21.0. The van der Waals surface area contributed by atoms with Crippen molar-refractivity contribution in [3.63, 3.8) is 0 Å². The van der Waals surface area contributed by atoms with Gasteiger partial charge in [-0.25, -0.2) is 0 Å². The highest BCUT2D eigenvalue weighted by Gasteiger charge is 2.21. The molecule has 0 radical (unpaired) electrons. The number of fused-ring (bicyclic) bond motifs is 2. The minimum atomic E-state index is -0.300. The van der Waals surface area contributed by atoms with Crippen molar-refractivity contribution in [2.45, 2.75) is 27.3 Å². The molecule has 1 aromatic heterocycles. The number of ketones is 1. The predicted molar refractivity (Wildman–Crippen MR) is 129 cm³/mol. The molecule has 2 heterocycles. The Kier molecular flexibility index (Phi) is 5.25. The first-order chi connectivity index (χ1) is 15.9. The Bertz CT molecular complexity index is 1470. The van der Waals surface area contributed by atoms with Crippen LogP contribution in [0.4, 0.5) is 0 Å². The number of rotatable bonds is 4. The molecule has 0 N–H and O–H groups in total. The molecule has 0 atom stereocenters. The summed E-state index contributed by atoms with van der Waals surface area (Å²) in [5.41, 5.74) is 5.44. The van der Waals surface area contributed by atoms with Crippen molar-refractivity contribution in [1.29, 1.82) is 0 Å². The summed E-state index contributed by atoms with van der Waals surface area (Å²) in [7, 11) is 0. The molecule has 5 heteroatoms. The van der Waals surface area contributed by atoms with E-state index in [0.29, 0.717) is 47.7 Å². The molecule has 0 saturated carbocycles. The van der Waals surface area contributed by atoms with Gasteiger partial charge in [-0.15, -0.1) is 0 Å². The van der Waals surface area contributed by atoms with Gasteiger partial charge < -0.3 is 14.0 Å². The van der Waals surface area contributed by atoms with Gasteiger partial charge in [0.05, 0.1) is 16.5 Å². The smallest absolute Gasteiger partial charge is 0.200 e. The van der Waals surface area contributed by atoms with E-state index < -0.39 is 0 Å². The zero-order valence-electron chi connectivity index (χ0n) is 19.0. The lowest BCUT2D eigenvalue weighted by Gasteiger charge is -2.21. The predicted octanol–water partition coefficient (Wildman–Crippen LogP) is 4.98. The molecule has 0 spiro atoms. The highest BCUT2D eigenvalue weighted by molar-refractivity contribution is 6.10. The summed E-state index contributed by atoms with van der Waals surface area (Å²) < 4.78 is 13.4. The van der Waals surface area contributed by atoms with E-state index in [9.17, 15) is 9.59 Å². The molecule has 5 nitrogen and oxygen atoms in total. The molecule has 4 aromatic rings. The van der Waals surface area contributed by atoms with Crippen LogP contribution in [0.5, 0.6) is 11.5 Å². The lowest BCUT2D eigenvalue weighted by atomic mass is 9.98. The van der Waals surface area contributed by atoms with E-state index >= 15 is 0 Å². The van der Waals surface area contributed by atoms with Crippen molar-refractivity contribution in [3.05, 3.63) is 104 Å². The molecule has 1 aliphatic rings. The number of pyridine rings is 1. The topological polar surface area (TPSA) is 57.5 Å². The molecule has 3 aromatic carbocycles. The van der Waals surface area contributed by atoms with Crippen LogP contribution in [0.3, 0.4) is 0 Å². The third kappa shape index (κ3) is 3.80. The summed E-state index contributed by atoms with van der Waals surface area (Å²) in [6, 6.07) is 17.2. The van der Waals surface area contributed by atoms with Crippen LogP contribution in [-0.2, 0) is 6.54 Å². The zero-order chi connectivity index (χ0) is 23.1. The van der Waals surface area contributed by atoms with Crippen LogP contribution in [0.25, 0.3) is 10.9 Å². The Labute approximate surface area is 192 Å². The van der Waals surface area contributed by atoms with Gasteiger partial charge in [-0.3, -0.25) is 9.59 Å². The Morgan fingerprint density at radius 3 is 2.33 bits per heavy atom. The average Bonchev–Trinajstić information content (AvgIpc) is 2.82. The number of hydrogen-bond donors (Lipinski definition) is 0. The molecule has 33 heavy (non-hydrogen) atoms. The molecule has 5 rings (SSSR count). The van der Waals surface area contributed by atoms with Crippen molar-refractivity contribution in [1.82, 2.24) is 4.57 Å². The van der Waals surface area contributed by atoms with Gasteiger partial charge in [0.2, 0.25) is 5.43 Å². The van der Waals surface area contributed by atoms with Crippen molar-refractivity contribution >= 4 is 16.7 Å². The highest BCUT2D eigenvalue weighted by atomic mass is 16.6. The van der Waals surface area contributed by atoms with Crippen molar-refractivity contribution in [3.8, 4) is 11.5 Å². The first-order valence-electron chi connectivity index (χ1n) is 11.1. The minimum absolute atomic E-state index is 0.149. The molecular formula is C28H25NO4. The number of hydrogen-bond acceptors (Lipinski definition) is 4. The van der Waals surface area contributed by atoms with Gasteiger partial charge in [0.1, 0.15) is 13.2 Å². The number of ether oxygens (including phenoxy) is 2. The Hall–Kier alpha value is -3.86. The summed E-state index contributed by atoms with van der Waals surface area (Å²) in [6.45, 7) is 7.43. The Balaban J connectivity index is 1.73. The van der Waals surface area contributed by atoms with Gasteiger partial charge in [0.15, 0.2) is 17.3 Å². The number of aromatic nitrogens is 1. The lowest BCUT2D eigenvalue weighted by molar-refractivity contribution is 0.103. The number of carbonyl (C=O) groups is 1. The van der Waals surface area contributed by atoms with Crippen molar-refractivity contribution < 1.29 is 14.3 Å². The second-order valence-corrected chi connectivity index (χ2v) is 8.57. The van der Waals surface area contributed by atoms with E-state index in [2.05, 4.69) is 19.1 Å². The first-order valence-corrected chi connectivity index (χ1v) is 11.1. The fraction of sp³-hybridized carbons (Fsp3) is 0.214. The van der Waals surface area contributed by atoms with Gasteiger partial charge in [0, 0.05) is 24.4 Å². The lowest BCUT2D eigenvalue weighted by Crippen LogP contribution is -2.22. The SMILES string of the molecule is Cc1ccc(C(=O)c2cn(Cc3ccccc3C)c3cc4c(cc3c2=O)OCCO4)cc1C. The maximum atomic E-state index is 13.5. The summed E-state index contributed by atoms with van der Waals surface area (Å²) in [6.07, 6.45) is 1.69. The van der Waals surface area contributed by atoms with E-state index in [1.165, 1.54) is 0 Å². The zero-order valence-corrected chi connectivity index (χ0v) is 19.0. The highest BCUT2D eigenvalue weighted by Crippen LogP contribution is 2.34. The van der Waals surface area contributed by atoms with Gasteiger partial charge in [-0.1, -0.05) is 36.4 Å². The number of carbonyl (C=O) groups excluding carboxylic acids is 1. The summed E-state index contributed by atoms with van der Waals surface area (Å²) in [5, 5.41) is 0.447. The van der Waals surface area contributed by atoms with Crippen LogP contribution < -0.4 is 14.9 Å². The maximum absolute atomic E-state index is 13.5. The molecule has 0 bridgehead atoms. The van der Waals surface area contributed by atoms with Crippen LogP contribution in [0.1, 0.15) is 38.2 Å². The maximum Gasteiger partial charge on any atom is 0.200 e. The number of nitrogens with zero attached hydrogens (tertiary/aromatic N) is 1. The minimum Gasteiger partial charge on any atom is -0.486 e. The summed E-state index contributed by atoms with van der Waals surface area (Å²) >= 11 is 0. The normalized spacial score (nSPS) is 12.7. The number of benzene rings is 3. The van der Waals surface area contributed by atoms with E-state index in [-0.39, 0.29) is 16.8 Å². The van der Waals surface area contributed by atoms with Crippen LogP contribution in [0.15, 0.2) is 65.6 Å².